The monoisotopic (exact) mass is 462 g/mol. The zero-order valence-corrected chi connectivity index (χ0v) is 18.2. The Hall–Kier alpha value is -3.03. The first-order chi connectivity index (χ1) is 14.9. The number of amides is 1. The molecule has 7 nitrogen and oxygen atoms in total. The number of carboxylic acids is 1. The first kappa shape index (κ1) is 22.7. The molecule has 0 spiro atoms. The second kappa shape index (κ2) is 10.3. The van der Waals surface area contributed by atoms with Crippen molar-refractivity contribution in [3.63, 3.8) is 0 Å². The second-order valence-electron chi connectivity index (χ2n) is 6.63. The minimum atomic E-state index is -0.940. The van der Waals surface area contributed by atoms with Gasteiger partial charge in [-0.15, -0.1) is 0 Å². The van der Waals surface area contributed by atoms with Crippen molar-refractivity contribution in [2.24, 2.45) is 0 Å². The number of hydrogen-bond acceptors (Lipinski definition) is 5. The van der Waals surface area contributed by atoms with Crippen LogP contribution in [0.5, 0.6) is 5.75 Å². The molecule has 0 saturated carbocycles. The molecule has 0 aliphatic rings. The lowest BCUT2D eigenvalue weighted by Crippen LogP contribution is -2.29. The third-order valence-electron chi connectivity index (χ3n) is 4.41. The zero-order valence-electron chi connectivity index (χ0n) is 16.7. The third kappa shape index (κ3) is 5.77. The molecule has 0 aliphatic heterocycles. The number of hydrogen-bond donors (Lipinski definition) is 2. The van der Waals surface area contributed by atoms with Crippen LogP contribution in [0.1, 0.15) is 28.6 Å². The predicted molar refractivity (Wildman–Crippen MR) is 117 cm³/mol. The van der Waals surface area contributed by atoms with Crippen LogP contribution in [0.2, 0.25) is 10.0 Å². The van der Waals surface area contributed by atoms with Crippen molar-refractivity contribution in [2.45, 2.75) is 19.8 Å². The van der Waals surface area contributed by atoms with Gasteiger partial charge in [-0.25, -0.2) is 0 Å². The van der Waals surface area contributed by atoms with Gasteiger partial charge >= 0.3 is 5.97 Å². The fourth-order valence-corrected chi connectivity index (χ4v) is 3.47. The lowest BCUT2D eigenvalue weighted by molar-refractivity contribution is -0.136. The number of ether oxygens (including phenoxy) is 1. The molecule has 162 valence electrons. The summed E-state index contributed by atoms with van der Waals surface area (Å²) >= 11 is 11.9. The summed E-state index contributed by atoms with van der Waals surface area (Å²) in [4.78, 5) is 23.9. The average Bonchev–Trinajstić information content (AvgIpc) is 3.16. The molecule has 0 aliphatic carbocycles. The van der Waals surface area contributed by atoms with E-state index in [2.05, 4.69) is 10.5 Å². The summed E-state index contributed by atoms with van der Waals surface area (Å²) in [5.74, 6) is -0.388. The van der Waals surface area contributed by atoms with Gasteiger partial charge in [-0.05, 0) is 29.8 Å². The highest BCUT2D eigenvalue weighted by Crippen LogP contribution is 2.28. The number of aromatic nitrogens is 1. The molecule has 1 amide bonds. The molecule has 1 heterocycles. The maximum Gasteiger partial charge on any atom is 0.307 e. The predicted octanol–water partition coefficient (Wildman–Crippen LogP) is 4.65. The Kier molecular flexibility index (Phi) is 7.55. The lowest BCUT2D eigenvalue weighted by atomic mass is 10.0. The SMILES string of the molecule is CCc1onc(-c2cccc(CC(=O)O)c2)c1C(=O)NCCOc1ccc(Cl)cc1Cl. The number of aryl methyl sites for hydroxylation is 1. The highest BCUT2D eigenvalue weighted by molar-refractivity contribution is 6.35. The number of nitrogens with zero attached hydrogens (tertiary/aromatic N) is 1. The molecule has 31 heavy (non-hydrogen) atoms. The number of aliphatic carboxylic acids is 1. The molecular formula is C22H20Cl2N2O5. The fraction of sp³-hybridized carbons (Fsp3) is 0.227. The summed E-state index contributed by atoms with van der Waals surface area (Å²) in [5, 5.41) is 16.8. The normalized spacial score (nSPS) is 10.7. The molecular weight excluding hydrogens is 443 g/mol. The maximum atomic E-state index is 12.9. The minimum Gasteiger partial charge on any atom is -0.490 e. The minimum absolute atomic E-state index is 0.127. The Bertz CT molecular complexity index is 1100. The molecule has 0 unspecified atom stereocenters. The molecule has 2 N–H and O–H groups in total. The van der Waals surface area contributed by atoms with Gasteiger partial charge in [0.15, 0.2) is 0 Å². The van der Waals surface area contributed by atoms with Crippen LogP contribution >= 0.6 is 23.2 Å². The van der Waals surface area contributed by atoms with Gasteiger partial charge in [0.2, 0.25) is 0 Å². The van der Waals surface area contributed by atoms with E-state index in [0.29, 0.717) is 50.4 Å². The number of nitrogens with one attached hydrogen (secondary N) is 1. The number of benzene rings is 2. The average molecular weight is 463 g/mol. The Morgan fingerprint density at radius 1 is 1.19 bits per heavy atom. The van der Waals surface area contributed by atoms with E-state index in [4.69, 9.17) is 37.6 Å². The van der Waals surface area contributed by atoms with Crippen molar-refractivity contribution in [3.8, 4) is 17.0 Å². The van der Waals surface area contributed by atoms with E-state index in [1.54, 1.807) is 42.5 Å². The van der Waals surface area contributed by atoms with E-state index in [-0.39, 0.29) is 25.5 Å². The fourth-order valence-electron chi connectivity index (χ4n) is 3.01. The summed E-state index contributed by atoms with van der Waals surface area (Å²) in [5.41, 5.74) is 1.89. The third-order valence-corrected chi connectivity index (χ3v) is 4.94. The summed E-state index contributed by atoms with van der Waals surface area (Å²) in [7, 11) is 0. The molecule has 0 radical (unpaired) electrons. The molecule has 3 rings (SSSR count). The van der Waals surface area contributed by atoms with Gasteiger partial charge in [0.25, 0.3) is 5.91 Å². The van der Waals surface area contributed by atoms with Gasteiger partial charge in [0, 0.05) is 17.0 Å². The Morgan fingerprint density at radius 2 is 2.00 bits per heavy atom. The Labute approximate surface area is 188 Å². The molecule has 1 aromatic heterocycles. The maximum absolute atomic E-state index is 12.9. The van der Waals surface area contributed by atoms with E-state index in [1.807, 2.05) is 6.92 Å². The summed E-state index contributed by atoms with van der Waals surface area (Å²) in [6.07, 6.45) is 0.347. The summed E-state index contributed by atoms with van der Waals surface area (Å²) in [6.45, 7) is 2.28. The topological polar surface area (TPSA) is 102 Å². The highest BCUT2D eigenvalue weighted by atomic mass is 35.5. The number of carbonyl (C=O) groups excluding carboxylic acids is 1. The number of rotatable bonds is 9. The summed E-state index contributed by atoms with van der Waals surface area (Å²) < 4.78 is 10.9. The molecule has 2 aromatic carbocycles. The second-order valence-corrected chi connectivity index (χ2v) is 7.48. The highest BCUT2D eigenvalue weighted by Gasteiger charge is 2.23. The Morgan fingerprint density at radius 3 is 2.71 bits per heavy atom. The molecule has 9 heteroatoms. The Balaban J connectivity index is 1.71. The smallest absolute Gasteiger partial charge is 0.307 e. The first-order valence-corrected chi connectivity index (χ1v) is 10.3. The van der Waals surface area contributed by atoms with E-state index in [9.17, 15) is 9.59 Å². The molecule has 0 saturated heterocycles. The summed E-state index contributed by atoms with van der Waals surface area (Å²) in [6, 6.07) is 11.8. The quantitative estimate of drug-likeness (QED) is 0.448. The number of carboxylic acid groups (broad SMARTS) is 1. The van der Waals surface area contributed by atoms with Crippen LogP contribution in [0.15, 0.2) is 47.0 Å². The van der Waals surface area contributed by atoms with Crippen molar-refractivity contribution in [1.29, 1.82) is 0 Å². The van der Waals surface area contributed by atoms with Gasteiger partial charge in [-0.1, -0.05) is 53.5 Å². The van der Waals surface area contributed by atoms with E-state index < -0.39 is 5.97 Å². The van der Waals surface area contributed by atoms with E-state index in [0.717, 1.165) is 0 Å². The van der Waals surface area contributed by atoms with Gasteiger partial charge in [-0.2, -0.15) is 0 Å². The van der Waals surface area contributed by atoms with Crippen molar-refractivity contribution < 1.29 is 24.0 Å². The van der Waals surface area contributed by atoms with Crippen LogP contribution in [-0.4, -0.2) is 35.3 Å². The van der Waals surface area contributed by atoms with Crippen LogP contribution in [0.3, 0.4) is 0 Å². The van der Waals surface area contributed by atoms with E-state index in [1.165, 1.54) is 0 Å². The number of carbonyl (C=O) groups is 2. The van der Waals surface area contributed by atoms with Gasteiger partial charge in [0.05, 0.1) is 18.0 Å². The molecule has 0 fully saturated rings. The largest absolute Gasteiger partial charge is 0.490 e. The van der Waals surface area contributed by atoms with Gasteiger partial charge in [-0.3, -0.25) is 9.59 Å². The van der Waals surface area contributed by atoms with Crippen LogP contribution < -0.4 is 10.1 Å². The van der Waals surface area contributed by atoms with Crippen LogP contribution in [0.25, 0.3) is 11.3 Å². The number of halogens is 2. The van der Waals surface area contributed by atoms with Crippen LogP contribution in [0, 0.1) is 0 Å². The zero-order chi connectivity index (χ0) is 22.4. The van der Waals surface area contributed by atoms with Crippen molar-refractivity contribution in [2.75, 3.05) is 13.2 Å². The van der Waals surface area contributed by atoms with Gasteiger partial charge in [0.1, 0.15) is 29.4 Å². The standard InChI is InChI=1S/C22H20Cl2N2O5/c1-2-17-20(21(26-31-17)14-5-3-4-13(10-14)11-19(27)28)22(29)25-8-9-30-18-7-6-15(23)12-16(18)24/h3-7,10,12H,2,8-9,11H2,1H3,(H,25,29)(H,27,28). The van der Waals surface area contributed by atoms with Crippen LogP contribution in [0.4, 0.5) is 0 Å². The van der Waals surface area contributed by atoms with Crippen molar-refractivity contribution >= 4 is 35.1 Å². The van der Waals surface area contributed by atoms with E-state index >= 15 is 0 Å². The van der Waals surface area contributed by atoms with Crippen LogP contribution in [-0.2, 0) is 17.6 Å². The van der Waals surface area contributed by atoms with Crippen molar-refractivity contribution in [3.05, 3.63) is 69.4 Å². The van der Waals surface area contributed by atoms with Crippen molar-refractivity contribution in [1.82, 2.24) is 10.5 Å². The first-order valence-electron chi connectivity index (χ1n) is 9.54. The van der Waals surface area contributed by atoms with Gasteiger partial charge < -0.3 is 19.7 Å². The molecule has 3 aromatic rings. The molecule has 0 bridgehead atoms. The molecule has 0 atom stereocenters. The lowest BCUT2D eigenvalue weighted by Gasteiger charge is -2.10.